The van der Waals surface area contributed by atoms with Crippen molar-refractivity contribution in [1.29, 1.82) is 0 Å². The molecular weight excluding hydrogens is 1200 g/mol. The van der Waals surface area contributed by atoms with E-state index in [2.05, 4.69) is 182 Å². The van der Waals surface area contributed by atoms with E-state index < -0.39 is 0 Å². The molecule has 6 spiro atoms. The van der Waals surface area contributed by atoms with Crippen molar-refractivity contribution in [2.24, 2.45) is 58.2 Å². The first-order valence-electron chi connectivity index (χ1n) is 41.3. The van der Waals surface area contributed by atoms with Gasteiger partial charge in [0.2, 0.25) is 0 Å². The van der Waals surface area contributed by atoms with Gasteiger partial charge in [-0.15, -0.1) is 0 Å². The Morgan fingerprint density at radius 3 is 1.10 bits per heavy atom. The van der Waals surface area contributed by atoms with Crippen LogP contribution in [0.4, 0.5) is 0 Å². The second-order valence-electron chi connectivity index (χ2n) is 37.3. The van der Waals surface area contributed by atoms with Gasteiger partial charge in [-0.05, 0) is 299 Å². The number of hydrogen-bond donors (Lipinski definition) is 0. The van der Waals surface area contributed by atoms with Crippen LogP contribution in [0.15, 0.2) is 0 Å². The molecule has 13 heteroatoms. The number of ketones is 2. The summed E-state index contributed by atoms with van der Waals surface area (Å²) in [5, 5.41) is 0. The Hall–Kier alpha value is -1.10. The Balaban J connectivity index is 0.000000164. The Kier molecular flexibility index (Phi) is 31.1. The zero-order valence-corrected chi connectivity index (χ0v) is 68.0. The van der Waals surface area contributed by atoms with Crippen LogP contribution < -0.4 is 0 Å². The molecule has 0 amide bonds. The van der Waals surface area contributed by atoms with E-state index >= 15 is 0 Å². The maximum Gasteiger partial charge on any atom is 0.141 e. The number of carbonyl (C=O) groups is 2. The highest BCUT2D eigenvalue weighted by atomic mass is 16.5. The van der Waals surface area contributed by atoms with Gasteiger partial charge in [-0.1, -0.05) is 55.4 Å². The molecule has 12 aliphatic rings. The summed E-state index contributed by atoms with van der Waals surface area (Å²) in [6.45, 7) is 70.5. The Bertz CT molecular complexity index is 2180. The maximum atomic E-state index is 12.4. The summed E-state index contributed by atoms with van der Waals surface area (Å²) >= 11 is 0. The lowest BCUT2D eigenvalue weighted by Gasteiger charge is -2.48. The first-order valence-corrected chi connectivity index (χ1v) is 41.3. The van der Waals surface area contributed by atoms with Crippen molar-refractivity contribution in [3.8, 4) is 0 Å². The minimum absolute atomic E-state index is 0.0529. The van der Waals surface area contributed by atoms with Gasteiger partial charge in [-0.2, -0.15) is 0 Å². The van der Waals surface area contributed by atoms with E-state index in [1.54, 1.807) is 0 Å². The van der Waals surface area contributed by atoms with Crippen LogP contribution in [0.25, 0.3) is 0 Å². The first-order chi connectivity index (χ1) is 45.5. The molecule has 0 aromatic rings. The molecule has 12 unspecified atom stereocenters. The molecule has 97 heavy (non-hydrogen) atoms. The monoisotopic (exact) mass is 1360 g/mol. The summed E-state index contributed by atoms with van der Waals surface area (Å²) in [6, 6.07) is 4.01. The van der Waals surface area contributed by atoms with E-state index in [0.29, 0.717) is 83.9 Å². The minimum atomic E-state index is -0.144. The van der Waals surface area contributed by atoms with Gasteiger partial charge in [-0.3, -0.25) is 9.59 Å². The highest BCUT2D eigenvalue weighted by Crippen LogP contribution is 2.49. The fraction of sp³-hybridized carbons (Fsp3) is 0.976. The second kappa shape index (κ2) is 36.3. The molecule has 11 saturated heterocycles. The van der Waals surface area contributed by atoms with E-state index in [0.717, 1.165) is 113 Å². The summed E-state index contributed by atoms with van der Waals surface area (Å²) in [6.07, 6.45) is 24.9. The average Bonchev–Trinajstić information content (AvgIpc) is 1.72. The Morgan fingerprint density at radius 1 is 0.340 bits per heavy atom. The molecule has 12 rings (SSSR count). The van der Waals surface area contributed by atoms with E-state index in [4.69, 9.17) is 23.7 Å². The maximum absolute atomic E-state index is 12.4. The molecule has 566 valence electrons. The smallest absolute Gasteiger partial charge is 0.141 e. The van der Waals surface area contributed by atoms with Gasteiger partial charge in [0.05, 0.1) is 60.0 Å². The van der Waals surface area contributed by atoms with E-state index in [9.17, 15) is 9.59 Å². The van der Waals surface area contributed by atoms with Gasteiger partial charge in [-0.25, -0.2) is 0 Å². The van der Waals surface area contributed by atoms with Crippen LogP contribution in [0.1, 0.15) is 295 Å². The van der Waals surface area contributed by atoms with Gasteiger partial charge >= 0.3 is 0 Å². The number of carbonyl (C=O) groups excluding carboxylic acids is 2. The van der Waals surface area contributed by atoms with Crippen LogP contribution in [-0.4, -0.2) is 216 Å². The number of ether oxygens (including phenoxy) is 5. The summed E-state index contributed by atoms with van der Waals surface area (Å²) < 4.78 is 30.9. The van der Waals surface area contributed by atoms with E-state index in [1.807, 2.05) is 13.8 Å². The van der Waals surface area contributed by atoms with Crippen LogP contribution in [-0.2, 0) is 33.3 Å². The van der Waals surface area contributed by atoms with Crippen LogP contribution in [0, 0.1) is 58.2 Å². The third kappa shape index (κ3) is 22.5. The van der Waals surface area contributed by atoms with Crippen molar-refractivity contribution < 1.29 is 33.3 Å². The number of hydrogen-bond acceptors (Lipinski definition) is 13. The minimum Gasteiger partial charge on any atom is -0.378 e. The predicted octanol–water partition coefficient (Wildman–Crippen LogP) is 16.9. The van der Waals surface area contributed by atoms with Crippen LogP contribution in [0.2, 0.25) is 0 Å². The molecule has 11 heterocycles. The molecule has 1 saturated carbocycles. The largest absolute Gasteiger partial charge is 0.378 e. The summed E-state index contributed by atoms with van der Waals surface area (Å²) in [4.78, 5) is 39.7. The summed E-state index contributed by atoms with van der Waals surface area (Å²) in [5.74, 6) is 6.14. The van der Waals surface area contributed by atoms with Crippen LogP contribution in [0.3, 0.4) is 0 Å². The molecule has 1 aliphatic carbocycles. The quantitative estimate of drug-likeness (QED) is 0.253. The molecule has 12 atom stereocenters. The van der Waals surface area contributed by atoms with Crippen molar-refractivity contribution in [2.45, 2.75) is 378 Å². The highest BCUT2D eigenvalue weighted by molar-refractivity contribution is 5.86. The lowest BCUT2D eigenvalue weighted by Crippen LogP contribution is -2.54. The van der Waals surface area contributed by atoms with Gasteiger partial charge in [0.25, 0.3) is 0 Å². The number of piperidine rings is 6. The third-order valence-corrected chi connectivity index (χ3v) is 28.5. The van der Waals surface area contributed by atoms with Crippen molar-refractivity contribution >= 4 is 11.6 Å². The fourth-order valence-electron chi connectivity index (χ4n) is 19.2. The van der Waals surface area contributed by atoms with Crippen LogP contribution in [0.5, 0.6) is 0 Å². The van der Waals surface area contributed by atoms with E-state index in [-0.39, 0.29) is 39.8 Å². The van der Waals surface area contributed by atoms with Crippen molar-refractivity contribution in [3.63, 3.8) is 0 Å². The topological polar surface area (TPSA) is 99.7 Å². The third-order valence-electron chi connectivity index (χ3n) is 28.5. The molecule has 0 aromatic carbocycles. The van der Waals surface area contributed by atoms with Crippen molar-refractivity contribution in [1.82, 2.24) is 29.4 Å². The summed E-state index contributed by atoms with van der Waals surface area (Å²) in [5.41, 5.74) is 1.13. The predicted molar refractivity (Wildman–Crippen MR) is 405 cm³/mol. The highest BCUT2D eigenvalue weighted by Gasteiger charge is 2.50. The number of rotatable bonds is 6. The Labute approximate surface area is 598 Å². The average molecular weight is 1360 g/mol. The molecule has 0 aromatic heterocycles. The fourth-order valence-corrected chi connectivity index (χ4v) is 19.2. The number of likely N-dealkylation sites (tertiary alicyclic amines) is 6. The normalized spacial score (nSPS) is 35.5. The zero-order chi connectivity index (χ0) is 71.6. The van der Waals surface area contributed by atoms with Gasteiger partial charge in [0, 0.05) is 113 Å². The Morgan fingerprint density at radius 2 is 0.701 bits per heavy atom. The molecule has 11 aliphatic heterocycles. The first kappa shape index (κ1) is 83.2. The molecule has 0 N–H and O–H groups in total. The standard InChI is InChI=1S/C15H27NO.C14H25NO2.3C14H27NO.C13H25NO/c1-11(2)16-7-5-15(6-8-16)10-13(4)12(3)9-14(15)17;1-10(2)15-7-5-14(6-8-15)9-13(16)11(3)12(4)17-14;1-11(2)15-7-5-14(6-8-15)9-12(3)13(4)16-10-14;1-11(2)15-7-5-14(6-8-15)9-12(3)13(4)10-16-14;1-11(2)15-9-7-14(8-10-15)6-5-12(3)13(4)16-14;1-10(2)14-7-5-13(6-8-14)9-11(3)12(4)15-13/h11-13H,5-10H2,1-4H3;10-12H,5-9H2,1-4H3;3*11-13H,5-10H2,1-4H3;10-12H,5-9H2,1-4H3. The summed E-state index contributed by atoms with van der Waals surface area (Å²) in [7, 11) is 0. The molecule has 0 bridgehead atoms. The number of Topliss-reactive ketones (excluding diaryl/α,β-unsaturated/α-hetero) is 2. The van der Waals surface area contributed by atoms with Gasteiger partial charge < -0.3 is 53.1 Å². The molecule has 13 nitrogen and oxygen atoms in total. The molecular formula is C84H158N6O7. The van der Waals surface area contributed by atoms with E-state index in [1.165, 1.54) is 136 Å². The zero-order valence-electron chi connectivity index (χ0n) is 68.0. The SMILES string of the molecule is CC1CC(=O)C2(CCN(C(C)C)CC2)CC1C.CC1CC2(CCN(C(C)C)CC2)COC1C.CC1CC2(CCN(C(C)C)CC2)OC1C.CC1CCC2(CCN(C(C)C)CC2)OC1C.CC1COC2(CCN(C(C)C)CC2)CC1C.CC1OC2(CCN(C(C)C)CC2)CC(=O)C1C. The lowest BCUT2D eigenvalue weighted by molar-refractivity contribution is -0.177. The van der Waals surface area contributed by atoms with Crippen LogP contribution >= 0.6 is 0 Å². The second-order valence-corrected chi connectivity index (χ2v) is 37.3. The molecule has 12 fully saturated rings. The van der Waals surface area contributed by atoms with Crippen molar-refractivity contribution in [3.05, 3.63) is 0 Å². The van der Waals surface area contributed by atoms with Gasteiger partial charge in [0.15, 0.2) is 0 Å². The van der Waals surface area contributed by atoms with Crippen molar-refractivity contribution in [2.75, 3.05) is 91.8 Å². The lowest BCUT2D eigenvalue weighted by atomic mass is 9.61. The van der Waals surface area contributed by atoms with Gasteiger partial charge in [0.1, 0.15) is 11.6 Å². The number of nitrogens with zero attached hydrogens (tertiary/aromatic N) is 6. The molecule has 0 radical (unpaired) electrons.